The summed E-state index contributed by atoms with van der Waals surface area (Å²) >= 11 is 3.43. The molecule has 0 spiro atoms. The summed E-state index contributed by atoms with van der Waals surface area (Å²) in [7, 11) is 3.26. The molecule has 0 aliphatic heterocycles. The molecule has 1 amide bonds. The first-order valence-electron chi connectivity index (χ1n) is 9.16. The van der Waals surface area contributed by atoms with Crippen molar-refractivity contribution in [3.05, 3.63) is 88.4 Å². The molecule has 0 aliphatic rings. The SMILES string of the molecule is COc1ccc(C(NC(=O)CNc2cccc(Br)c2)c2ccc(OC)cc2)cc1. The molecule has 0 heterocycles. The summed E-state index contributed by atoms with van der Waals surface area (Å²) in [5, 5.41) is 6.26. The van der Waals surface area contributed by atoms with Crippen LogP contribution in [0.3, 0.4) is 0 Å². The van der Waals surface area contributed by atoms with E-state index < -0.39 is 0 Å². The number of amides is 1. The first kappa shape index (κ1) is 20.7. The summed E-state index contributed by atoms with van der Waals surface area (Å²) in [4.78, 5) is 12.7. The topological polar surface area (TPSA) is 59.6 Å². The van der Waals surface area contributed by atoms with E-state index in [2.05, 4.69) is 26.6 Å². The van der Waals surface area contributed by atoms with Crippen LogP contribution in [0.2, 0.25) is 0 Å². The van der Waals surface area contributed by atoms with Crippen LogP contribution in [0.1, 0.15) is 17.2 Å². The largest absolute Gasteiger partial charge is 0.497 e. The molecule has 3 aromatic carbocycles. The maximum absolute atomic E-state index is 12.7. The average Bonchev–Trinajstić information content (AvgIpc) is 2.76. The number of carbonyl (C=O) groups is 1. The first-order valence-corrected chi connectivity index (χ1v) is 9.95. The first-order chi connectivity index (χ1) is 14.1. The van der Waals surface area contributed by atoms with Crippen molar-refractivity contribution in [1.29, 1.82) is 0 Å². The predicted molar refractivity (Wildman–Crippen MR) is 119 cm³/mol. The van der Waals surface area contributed by atoms with Gasteiger partial charge in [-0.1, -0.05) is 46.3 Å². The summed E-state index contributed by atoms with van der Waals surface area (Å²) < 4.78 is 11.4. The Balaban J connectivity index is 1.76. The minimum Gasteiger partial charge on any atom is -0.497 e. The molecule has 5 nitrogen and oxygen atoms in total. The fraction of sp³-hybridized carbons (Fsp3) is 0.174. The second-order valence-corrected chi connectivity index (χ2v) is 7.33. The van der Waals surface area contributed by atoms with Gasteiger partial charge in [-0.25, -0.2) is 0 Å². The van der Waals surface area contributed by atoms with Gasteiger partial charge in [-0.3, -0.25) is 4.79 Å². The Kier molecular flexibility index (Phi) is 7.14. The summed E-state index contributed by atoms with van der Waals surface area (Å²) in [5.74, 6) is 1.43. The van der Waals surface area contributed by atoms with Gasteiger partial charge in [0.05, 0.1) is 26.8 Å². The van der Waals surface area contributed by atoms with Crippen LogP contribution in [0.5, 0.6) is 11.5 Å². The van der Waals surface area contributed by atoms with Crippen LogP contribution >= 0.6 is 15.9 Å². The molecule has 0 radical (unpaired) electrons. The zero-order valence-electron chi connectivity index (χ0n) is 16.3. The molecule has 0 fully saturated rings. The number of carbonyl (C=O) groups excluding carboxylic acids is 1. The molecule has 150 valence electrons. The molecule has 29 heavy (non-hydrogen) atoms. The lowest BCUT2D eigenvalue weighted by Crippen LogP contribution is -2.34. The Morgan fingerprint density at radius 2 is 1.45 bits per heavy atom. The maximum Gasteiger partial charge on any atom is 0.240 e. The van der Waals surface area contributed by atoms with E-state index in [1.165, 1.54) is 0 Å². The fourth-order valence-corrected chi connectivity index (χ4v) is 3.34. The van der Waals surface area contributed by atoms with E-state index in [0.29, 0.717) is 0 Å². The van der Waals surface area contributed by atoms with Gasteiger partial charge in [-0.2, -0.15) is 0 Å². The van der Waals surface area contributed by atoms with E-state index in [1.54, 1.807) is 14.2 Å². The van der Waals surface area contributed by atoms with Gasteiger partial charge in [-0.05, 0) is 53.6 Å². The fourth-order valence-electron chi connectivity index (χ4n) is 2.94. The Morgan fingerprint density at radius 1 is 0.897 bits per heavy atom. The molecule has 3 aromatic rings. The van der Waals surface area contributed by atoms with Crippen LogP contribution in [-0.4, -0.2) is 26.7 Å². The lowest BCUT2D eigenvalue weighted by atomic mass is 9.98. The third kappa shape index (κ3) is 5.74. The van der Waals surface area contributed by atoms with Crippen molar-refractivity contribution < 1.29 is 14.3 Å². The normalized spacial score (nSPS) is 10.5. The molecule has 0 atom stereocenters. The molecule has 2 N–H and O–H groups in total. The van der Waals surface area contributed by atoms with Crippen molar-refractivity contribution in [1.82, 2.24) is 5.32 Å². The molecular weight excluding hydrogens is 432 g/mol. The number of hydrogen-bond donors (Lipinski definition) is 2. The van der Waals surface area contributed by atoms with Crippen molar-refractivity contribution in [3.8, 4) is 11.5 Å². The lowest BCUT2D eigenvalue weighted by Gasteiger charge is -2.21. The average molecular weight is 455 g/mol. The van der Waals surface area contributed by atoms with Gasteiger partial charge in [-0.15, -0.1) is 0 Å². The number of anilines is 1. The van der Waals surface area contributed by atoms with Gasteiger partial charge in [0.25, 0.3) is 0 Å². The lowest BCUT2D eigenvalue weighted by molar-refractivity contribution is -0.119. The van der Waals surface area contributed by atoms with Crippen LogP contribution in [0.25, 0.3) is 0 Å². The quantitative estimate of drug-likeness (QED) is 0.513. The van der Waals surface area contributed by atoms with E-state index in [9.17, 15) is 4.79 Å². The van der Waals surface area contributed by atoms with Gasteiger partial charge in [0, 0.05) is 10.2 Å². The van der Waals surface area contributed by atoms with Crippen molar-refractivity contribution in [2.45, 2.75) is 6.04 Å². The summed E-state index contributed by atoms with van der Waals surface area (Å²) in [6.45, 7) is 0.166. The summed E-state index contributed by atoms with van der Waals surface area (Å²) in [6.07, 6.45) is 0. The van der Waals surface area contributed by atoms with Gasteiger partial charge >= 0.3 is 0 Å². The molecule has 6 heteroatoms. The van der Waals surface area contributed by atoms with Gasteiger partial charge in [0.2, 0.25) is 5.91 Å². The van der Waals surface area contributed by atoms with Crippen LogP contribution in [0.15, 0.2) is 77.3 Å². The third-order valence-electron chi connectivity index (χ3n) is 4.48. The Morgan fingerprint density at radius 3 is 1.93 bits per heavy atom. The smallest absolute Gasteiger partial charge is 0.240 e. The highest BCUT2D eigenvalue weighted by molar-refractivity contribution is 9.10. The molecule has 0 bridgehead atoms. The van der Waals surface area contributed by atoms with Crippen molar-refractivity contribution in [2.75, 3.05) is 26.1 Å². The number of ether oxygens (including phenoxy) is 2. The number of nitrogens with one attached hydrogen (secondary N) is 2. The van der Waals surface area contributed by atoms with E-state index in [4.69, 9.17) is 9.47 Å². The molecule has 0 aromatic heterocycles. The second kappa shape index (κ2) is 9.98. The predicted octanol–water partition coefficient (Wildman–Crippen LogP) is 4.78. The molecule has 0 saturated heterocycles. The molecule has 0 saturated carbocycles. The molecular formula is C23H23BrN2O3. The van der Waals surface area contributed by atoms with Crippen LogP contribution in [0, 0.1) is 0 Å². The van der Waals surface area contributed by atoms with Crippen molar-refractivity contribution in [3.63, 3.8) is 0 Å². The highest BCUT2D eigenvalue weighted by Gasteiger charge is 2.17. The van der Waals surface area contributed by atoms with Gasteiger partial charge in [0.15, 0.2) is 0 Å². The second-order valence-electron chi connectivity index (χ2n) is 6.41. The number of benzene rings is 3. The van der Waals surface area contributed by atoms with Crippen LogP contribution < -0.4 is 20.1 Å². The molecule has 0 unspecified atom stereocenters. The Labute approximate surface area is 179 Å². The van der Waals surface area contributed by atoms with Crippen LogP contribution in [0.4, 0.5) is 5.69 Å². The highest BCUT2D eigenvalue weighted by atomic mass is 79.9. The number of methoxy groups -OCH3 is 2. The van der Waals surface area contributed by atoms with Crippen LogP contribution in [-0.2, 0) is 4.79 Å². The molecule has 0 aliphatic carbocycles. The third-order valence-corrected chi connectivity index (χ3v) is 4.97. The number of rotatable bonds is 8. The molecule has 3 rings (SSSR count). The van der Waals surface area contributed by atoms with E-state index in [-0.39, 0.29) is 18.5 Å². The maximum atomic E-state index is 12.7. The van der Waals surface area contributed by atoms with Crippen molar-refractivity contribution in [2.24, 2.45) is 0 Å². The Hall–Kier alpha value is -2.99. The standard InChI is InChI=1S/C23H23BrN2O3/c1-28-20-10-6-16(7-11-20)23(17-8-12-21(29-2)13-9-17)26-22(27)15-25-19-5-3-4-18(24)14-19/h3-14,23,25H,15H2,1-2H3,(H,26,27). The highest BCUT2D eigenvalue weighted by Crippen LogP contribution is 2.26. The van der Waals surface area contributed by atoms with E-state index >= 15 is 0 Å². The summed E-state index contributed by atoms with van der Waals surface area (Å²) in [6, 6.07) is 22.8. The number of halogens is 1. The van der Waals surface area contributed by atoms with Gasteiger partial charge in [0.1, 0.15) is 11.5 Å². The van der Waals surface area contributed by atoms with E-state index in [1.807, 2.05) is 72.8 Å². The monoisotopic (exact) mass is 454 g/mol. The van der Waals surface area contributed by atoms with Crippen molar-refractivity contribution >= 4 is 27.5 Å². The minimum atomic E-state index is -0.288. The number of hydrogen-bond acceptors (Lipinski definition) is 4. The Bertz CT molecular complexity index is 896. The zero-order chi connectivity index (χ0) is 20.6. The van der Waals surface area contributed by atoms with Gasteiger partial charge < -0.3 is 20.1 Å². The van der Waals surface area contributed by atoms with E-state index in [0.717, 1.165) is 32.8 Å². The zero-order valence-corrected chi connectivity index (χ0v) is 17.9. The summed E-state index contributed by atoms with van der Waals surface area (Å²) in [5.41, 5.74) is 2.80. The minimum absolute atomic E-state index is 0.110.